The number of rotatable bonds is 6. The normalized spacial score (nSPS) is 17.8. The Kier molecular flexibility index (Phi) is 6.59. The lowest BCUT2D eigenvalue weighted by Gasteiger charge is -2.35. The number of Topliss-reactive ketones (excluding diaryl/α,β-unsaturated/α-hetero) is 1. The van der Waals surface area contributed by atoms with Crippen LogP contribution in [0.25, 0.3) is 0 Å². The lowest BCUT2D eigenvalue weighted by Crippen LogP contribution is -2.46. The number of anilines is 1. The molecule has 0 saturated carbocycles. The maximum Gasteiger partial charge on any atom is 0.322 e. The Morgan fingerprint density at radius 2 is 2.00 bits per heavy atom. The third-order valence-corrected chi connectivity index (χ3v) is 4.32. The molecule has 5 heteroatoms. The highest BCUT2D eigenvalue weighted by molar-refractivity contribution is 5.95. The molecule has 1 aliphatic heterocycles. The molecule has 1 aromatic rings. The molecule has 2 rings (SSSR count). The first-order chi connectivity index (χ1) is 11.1. The van der Waals surface area contributed by atoms with E-state index in [1.165, 1.54) is 13.3 Å². The molecular weight excluding hydrogens is 292 g/mol. The summed E-state index contributed by atoms with van der Waals surface area (Å²) in [7, 11) is 1.70. The fourth-order valence-corrected chi connectivity index (χ4v) is 3.01. The van der Waals surface area contributed by atoms with Gasteiger partial charge in [-0.2, -0.15) is 0 Å². The Labute approximate surface area is 138 Å². The Bertz CT molecular complexity index is 528. The summed E-state index contributed by atoms with van der Waals surface area (Å²) in [6.45, 7) is 3.07. The molecule has 126 valence electrons. The largest absolute Gasteiger partial charge is 0.385 e. The van der Waals surface area contributed by atoms with Crippen LogP contribution >= 0.6 is 0 Å². The lowest BCUT2D eigenvalue weighted by molar-refractivity contribution is 0.101. The Hall–Kier alpha value is -1.88. The number of ketones is 1. The first-order valence-electron chi connectivity index (χ1n) is 8.29. The number of hydrogen-bond acceptors (Lipinski definition) is 3. The molecule has 0 unspecified atom stereocenters. The van der Waals surface area contributed by atoms with Gasteiger partial charge >= 0.3 is 6.03 Å². The number of likely N-dealkylation sites (tertiary alicyclic amines) is 1. The van der Waals surface area contributed by atoms with Gasteiger partial charge in [0.15, 0.2) is 5.78 Å². The summed E-state index contributed by atoms with van der Waals surface area (Å²) in [4.78, 5) is 25.8. The number of carbonyl (C=O) groups excluding carboxylic acids is 2. The summed E-state index contributed by atoms with van der Waals surface area (Å²) in [6, 6.07) is 7.27. The molecule has 0 aliphatic carbocycles. The highest BCUT2D eigenvalue weighted by atomic mass is 16.5. The smallest absolute Gasteiger partial charge is 0.322 e. The minimum Gasteiger partial charge on any atom is -0.385 e. The van der Waals surface area contributed by atoms with E-state index in [2.05, 4.69) is 5.32 Å². The molecule has 5 nitrogen and oxygen atoms in total. The zero-order chi connectivity index (χ0) is 16.7. The fourth-order valence-electron chi connectivity index (χ4n) is 3.01. The van der Waals surface area contributed by atoms with Crippen molar-refractivity contribution in [1.29, 1.82) is 0 Å². The van der Waals surface area contributed by atoms with E-state index >= 15 is 0 Å². The van der Waals surface area contributed by atoms with Crippen molar-refractivity contribution >= 4 is 17.5 Å². The van der Waals surface area contributed by atoms with Crippen molar-refractivity contribution in [3.05, 3.63) is 29.8 Å². The second-order valence-corrected chi connectivity index (χ2v) is 6.04. The first-order valence-corrected chi connectivity index (χ1v) is 8.29. The summed E-state index contributed by atoms with van der Waals surface area (Å²) in [5.74, 6) is 0.0251. The van der Waals surface area contributed by atoms with Crippen molar-refractivity contribution < 1.29 is 14.3 Å². The quantitative estimate of drug-likeness (QED) is 0.642. The molecule has 0 radical (unpaired) electrons. The molecule has 1 saturated heterocycles. The molecule has 1 heterocycles. The van der Waals surface area contributed by atoms with Gasteiger partial charge in [-0.15, -0.1) is 0 Å². The van der Waals surface area contributed by atoms with E-state index in [9.17, 15) is 9.59 Å². The van der Waals surface area contributed by atoms with Crippen LogP contribution in [0.4, 0.5) is 10.5 Å². The number of piperidine rings is 1. The molecule has 0 aromatic heterocycles. The Morgan fingerprint density at radius 1 is 1.26 bits per heavy atom. The molecule has 2 amide bonds. The topological polar surface area (TPSA) is 58.6 Å². The average molecular weight is 318 g/mol. The number of hydrogen-bond donors (Lipinski definition) is 1. The number of ether oxygens (including phenoxy) is 1. The number of methoxy groups -OCH3 is 1. The zero-order valence-corrected chi connectivity index (χ0v) is 14.0. The number of nitrogens with zero attached hydrogens (tertiary/aromatic N) is 1. The van der Waals surface area contributed by atoms with E-state index in [0.717, 1.165) is 44.5 Å². The van der Waals surface area contributed by atoms with Crippen LogP contribution in [-0.2, 0) is 4.74 Å². The van der Waals surface area contributed by atoms with Gasteiger partial charge in [0.1, 0.15) is 0 Å². The molecule has 0 bridgehead atoms. The van der Waals surface area contributed by atoms with E-state index in [4.69, 9.17) is 4.74 Å². The standard InChI is InChI=1S/C18H26N2O3/c1-14(21)15-8-10-16(11-9-15)19-18(22)20-12-4-3-6-17(20)7-5-13-23-2/h8-11,17H,3-7,12-13H2,1-2H3,(H,19,22)/t17-/m1/s1. The molecule has 1 aliphatic rings. The van der Waals surface area contributed by atoms with Gasteiger partial charge in [0.2, 0.25) is 0 Å². The van der Waals surface area contributed by atoms with Crippen molar-refractivity contribution in [2.75, 3.05) is 25.6 Å². The van der Waals surface area contributed by atoms with Crippen LogP contribution < -0.4 is 5.32 Å². The predicted molar refractivity (Wildman–Crippen MR) is 90.9 cm³/mol. The second-order valence-electron chi connectivity index (χ2n) is 6.04. The van der Waals surface area contributed by atoms with Crippen LogP contribution in [0, 0.1) is 0 Å². The second kappa shape index (κ2) is 8.67. The zero-order valence-electron chi connectivity index (χ0n) is 14.0. The Balaban J connectivity index is 1.95. The number of nitrogens with one attached hydrogen (secondary N) is 1. The van der Waals surface area contributed by atoms with Crippen molar-refractivity contribution in [2.45, 2.75) is 45.1 Å². The minimum absolute atomic E-state index is 0.0251. The third kappa shape index (κ3) is 5.06. The first kappa shape index (κ1) is 17.5. The van der Waals surface area contributed by atoms with E-state index in [0.29, 0.717) is 5.56 Å². The van der Waals surface area contributed by atoms with Crippen LogP contribution in [0.5, 0.6) is 0 Å². The highest BCUT2D eigenvalue weighted by Gasteiger charge is 2.26. The van der Waals surface area contributed by atoms with Gasteiger partial charge in [-0.1, -0.05) is 0 Å². The number of carbonyl (C=O) groups is 2. The monoisotopic (exact) mass is 318 g/mol. The Morgan fingerprint density at radius 3 is 2.65 bits per heavy atom. The van der Waals surface area contributed by atoms with Crippen LogP contribution in [0.3, 0.4) is 0 Å². The van der Waals surface area contributed by atoms with Crippen molar-refractivity contribution in [3.63, 3.8) is 0 Å². The van der Waals surface area contributed by atoms with Crippen LogP contribution in [0.15, 0.2) is 24.3 Å². The lowest BCUT2D eigenvalue weighted by atomic mass is 9.98. The maximum atomic E-state index is 12.5. The van der Waals surface area contributed by atoms with Crippen LogP contribution in [0.2, 0.25) is 0 Å². The van der Waals surface area contributed by atoms with Gasteiger partial charge < -0.3 is 15.0 Å². The molecule has 1 N–H and O–H groups in total. The SMILES string of the molecule is COCCC[C@H]1CCCCN1C(=O)Nc1ccc(C(C)=O)cc1. The molecular formula is C18H26N2O3. The van der Waals surface area contributed by atoms with Gasteiger partial charge in [-0.05, 0) is 63.3 Å². The highest BCUT2D eigenvalue weighted by Crippen LogP contribution is 2.22. The fraction of sp³-hybridized carbons (Fsp3) is 0.556. The van der Waals surface area contributed by atoms with Gasteiger partial charge in [0, 0.05) is 37.6 Å². The number of urea groups is 1. The van der Waals surface area contributed by atoms with Gasteiger partial charge in [-0.3, -0.25) is 4.79 Å². The summed E-state index contributed by atoms with van der Waals surface area (Å²) >= 11 is 0. The molecule has 1 atom stereocenters. The van der Waals surface area contributed by atoms with Crippen molar-refractivity contribution in [2.24, 2.45) is 0 Å². The van der Waals surface area contributed by atoms with E-state index in [1.54, 1.807) is 31.4 Å². The van der Waals surface area contributed by atoms with Crippen LogP contribution in [-0.4, -0.2) is 43.0 Å². The molecule has 23 heavy (non-hydrogen) atoms. The van der Waals surface area contributed by atoms with Gasteiger partial charge in [-0.25, -0.2) is 4.79 Å². The predicted octanol–water partition coefficient (Wildman–Crippen LogP) is 3.70. The summed E-state index contributed by atoms with van der Waals surface area (Å²) < 4.78 is 5.11. The number of benzene rings is 1. The van der Waals surface area contributed by atoms with E-state index in [1.807, 2.05) is 4.90 Å². The minimum atomic E-state index is -0.0531. The van der Waals surface area contributed by atoms with Gasteiger partial charge in [0.05, 0.1) is 0 Å². The number of amides is 2. The summed E-state index contributed by atoms with van der Waals surface area (Å²) in [6.07, 6.45) is 5.23. The maximum absolute atomic E-state index is 12.5. The van der Waals surface area contributed by atoms with Crippen molar-refractivity contribution in [1.82, 2.24) is 4.90 Å². The summed E-state index contributed by atoms with van der Waals surface area (Å²) in [5, 5.41) is 2.94. The molecule has 1 aromatic carbocycles. The molecule has 1 fully saturated rings. The molecule has 0 spiro atoms. The van der Waals surface area contributed by atoms with E-state index < -0.39 is 0 Å². The van der Waals surface area contributed by atoms with Gasteiger partial charge in [0.25, 0.3) is 0 Å². The summed E-state index contributed by atoms with van der Waals surface area (Å²) in [5.41, 5.74) is 1.37. The van der Waals surface area contributed by atoms with Crippen LogP contribution in [0.1, 0.15) is 49.4 Å². The van der Waals surface area contributed by atoms with E-state index in [-0.39, 0.29) is 17.9 Å². The average Bonchev–Trinajstić information content (AvgIpc) is 2.56. The van der Waals surface area contributed by atoms with Crippen molar-refractivity contribution in [3.8, 4) is 0 Å². The third-order valence-electron chi connectivity index (χ3n) is 4.32.